The highest BCUT2D eigenvalue weighted by molar-refractivity contribution is 6.29. The number of piperidine rings is 1. The van der Waals surface area contributed by atoms with Crippen molar-refractivity contribution in [2.45, 2.75) is 77.3 Å². The number of likely N-dealkylation sites (tertiary alicyclic amines) is 1. The summed E-state index contributed by atoms with van der Waals surface area (Å²) in [6.07, 6.45) is 14.0. The second kappa shape index (κ2) is 11.3. The van der Waals surface area contributed by atoms with Gasteiger partial charge < -0.3 is 21.0 Å². The number of halogens is 1. The summed E-state index contributed by atoms with van der Waals surface area (Å²) in [6.45, 7) is 8.61. The topological polar surface area (TPSA) is 75.9 Å². The molecule has 0 spiro atoms. The Hall–Kier alpha value is -0.880. The van der Waals surface area contributed by atoms with Crippen LogP contribution in [0.15, 0.2) is 22.8 Å². The molecule has 0 aromatic heterocycles. The molecule has 2 saturated heterocycles. The number of rotatable bonds is 6. The quantitative estimate of drug-likeness (QED) is 0.647. The summed E-state index contributed by atoms with van der Waals surface area (Å²) in [5, 5.41) is 8.08. The second-order valence-corrected chi connectivity index (χ2v) is 10.8. The van der Waals surface area contributed by atoms with Gasteiger partial charge in [0.15, 0.2) is 0 Å². The van der Waals surface area contributed by atoms with E-state index in [4.69, 9.17) is 11.6 Å². The normalized spacial score (nSPS) is 30.8. The average Bonchev–Trinajstić information content (AvgIpc) is 3.19. The van der Waals surface area contributed by atoms with E-state index >= 15 is 0 Å². The third-order valence-corrected chi connectivity index (χ3v) is 8.42. The number of fused-ring (bicyclic) bond motifs is 1. The molecule has 0 aromatic rings. The largest absolute Gasteiger partial charge is 0.412 e. The van der Waals surface area contributed by atoms with E-state index in [-0.39, 0.29) is 17.4 Å². The fraction of sp³-hybridized carbons (Fsp3) is 0.800. The van der Waals surface area contributed by atoms with E-state index < -0.39 is 0 Å². The highest BCUT2D eigenvalue weighted by Crippen LogP contribution is 2.35. The van der Waals surface area contributed by atoms with Crippen LogP contribution in [0, 0.1) is 23.7 Å². The van der Waals surface area contributed by atoms with Gasteiger partial charge in [-0.25, -0.2) is 0 Å². The van der Waals surface area contributed by atoms with Gasteiger partial charge in [-0.3, -0.25) is 4.79 Å². The number of amides is 1. The number of nitrogens with one attached hydrogen (secondary N) is 2. The maximum absolute atomic E-state index is 13.1. The maximum atomic E-state index is 13.1. The Balaban J connectivity index is 0.00000272. The van der Waals surface area contributed by atoms with Crippen LogP contribution in [0.5, 0.6) is 0 Å². The molecule has 4 rings (SSSR count). The third kappa shape index (κ3) is 6.13. The first-order chi connectivity index (χ1) is 14.5. The first-order valence-electron chi connectivity index (χ1n) is 12.3. The molecule has 1 amide bonds. The van der Waals surface area contributed by atoms with Crippen molar-refractivity contribution in [2.75, 3.05) is 26.2 Å². The lowest BCUT2D eigenvalue weighted by atomic mass is 9.79. The molecule has 2 heterocycles. The first kappa shape index (κ1) is 24.8. The van der Waals surface area contributed by atoms with Gasteiger partial charge >= 0.3 is 0 Å². The highest BCUT2D eigenvalue weighted by Gasteiger charge is 2.41. The van der Waals surface area contributed by atoms with Gasteiger partial charge in [0.25, 0.3) is 0 Å². The van der Waals surface area contributed by atoms with Crippen molar-refractivity contribution in [3.05, 3.63) is 22.8 Å². The summed E-state index contributed by atoms with van der Waals surface area (Å²) < 4.78 is 0. The van der Waals surface area contributed by atoms with Crippen molar-refractivity contribution in [1.82, 2.24) is 15.5 Å². The molecule has 4 N–H and O–H groups in total. The minimum atomic E-state index is 0. The van der Waals surface area contributed by atoms with Gasteiger partial charge in [-0.15, -0.1) is 0 Å². The molecule has 3 fully saturated rings. The molecule has 1 saturated carbocycles. The van der Waals surface area contributed by atoms with E-state index in [0.29, 0.717) is 29.7 Å². The van der Waals surface area contributed by atoms with E-state index in [1.165, 1.54) is 38.5 Å². The number of carbonyl (C=O) groups is 1. The molecule has 2 aliphatic carbocycles. The van der Waals surface area contributed by atoms with Crippen molar-refractivity contribution < 1.29 is 10.3 Å². The maximum Gasteiger partial charge on any atom is 0.225 e. The molecule has 6 heteroatoms. The third-order valence-electron chi connectivity index (χ3n) is 8.10. The Morgan fingerprint density at radius 2 is 1.90 bits per heavy atom. The average molecular weight is 452 g/mol. The van der Waals surface area contributed by atoms with Crippen molar-refractivity contribution in [2.24, 2.45) is 23.7 Å². The summed E-state index contributed by atoms with van der Waals surface area (Å²) in [4.78, 5) is 15.7. The molecule has 2 aliphatic heterocycles. The van der Waals surface area contributed by atoms with Crippen LogP contribution in [0.3, 0.4) is 0 Å². The minimum absolute atomic E-state index is 0. The van der Waals surface area contributed by atoms with Crippen molar-refractivity contribution >= 4 is 17.5 Å². The Labute approximate surface area is 193 Å². The van der Waals surface area contributed by atoms with Gasteiger partial charge in [-0.1, -0.05) is 49.9 Å². The molecule has 0 radical (unpaired) electrons. The predicted molar refractivity (Wildman–Crippen MR) is 128 cm³/mol. The zero-order valence-corrected chi connectivity index (χ0v) is 20.1. The Kier molecular flexibility index (Phi) is 9.03. The van der Waals surface area contributed by atoms with Crippen LogP contribution in [0.1, 0.15) is 65.2 Å². The lowest BCUT2D eigenvalue weighted by Crippen LogP contribution is -2.51. The van der Waals surface area contributed by atoms with Gasteiger partial charge in [0.05, 0.1) is 5.92 Å². The van der Waals surface area contributed by atoms with Crippen LogP contribution in [-0.4, -0.2) is 54.5 Å². The van der Waals surface area contributed by atoms with Crippen LogP contribution in [0.2, 0.25) is 0 Å². The smallest absolute Gasteiger partial charge is 0.225 e. The summed E-state index contributed by atoms with van der Waals surface area (Å²) in [7, 11) is 0. The molecule has 4 aliphatic rings. The molecular weight excluding hydrogens is 410 g/mol. The standard InChI is InChI=1S/C25H40ClN3O.H2O/c1-17(2)24(28-25(30)22-15-27-23-6-4-3-5-21(22)23)16-29-13-11-19(12-14-29)18-7-9-20(26)10-8-18;/h7,9,17,19,21-24,27H,3-6,8,10-16H2,1-2H3,(H,28,30);1H2/t21?,22?,23?,24-;/m0./s1. The second-order valence-electron chi connectivity index (χ2n) is 10.4. The summed E-state index contributed by atoms with van der Waals surface area (Å²) >= 11 is 6.13. The van der Waals surface area contributed by atoms with Gasteiger partial charge in [0.2, 0.25) is 5.91 Å². The summed E-state index contributed by atoms with van der Waals surface area (Å²) in [5.74, 6) is 2.18. The monoisotopic (exact) mass is 451 g/mol. The summed E-state index contributed by atoms with van der Waals surface area (Å²) in [6, 6.07) is 0.817. The van der Waals surface area contributed by atoms with Crippen LogP contribution in [0.25, 0.3) is 0 Å². The van der Waals surface area contributed by atoms with Crippen LogP contribution in [0.4, 0.5) is 0 Å². The lowest BCUT2D eigenvalue weighted by molar-refractivity contribution is -0.127. The van der Waals surface area contributed by atoms with Crippen molar-refractivity contribution in [3.63, 3.8) is 0 Å². The van der Waals surface area contributed by atoms with Gasteiger partial charge in [0.1, 0.15) is 0 Å². The van der Waals surface area contributed by atoms with E-state index in [1.807, 2.05) is 0 Å². The number of carbonyl (C=O) groups excluding carboxylic acids is 1. The number of allylic oxidation sites excluding steroid dienone is 4. The zero-order chi connectivity index (χ0) is 21.1. The zero-order valence-electron chi connectivity index (χ0n) is 19.3. The van der Waals surface area contributed by atoms with Crippen LogP contribution >= 0.6 is 11.6 Å². The molecule has 31 heavy (non-hydrogen) atoms. The fourth-order valence-corrected chi connectivity index (χ4v) is 6.21. The van der Waals surface area contributed by atoms with Crippen molar-refractivity contribution in [3.8, 4) is 0 Å². The summed E-state index contributed by atoms with van der Waals surface area (Å²) in [5.41, 5.74) is 1.59. The first-order valence-corrected chi connectivity index (χ1v) is 12.7. The van der Waals surface area contributed by atoms with Crippen molar-refractivity contribution in [1.29, 1.82) is 0 Å². The van der Waals surface area contributed by atoms with E-state index in [9.17, 15) is 4.79 Å². The molecule has 0 aromatic carbocycles. The molecule has 4 atom stereocenters. The highest BCUT2D eigenvalue weighted by atomic mass is 35.5. The number of hydrogen-bond acceptors (Lipinski definition) is 3. The molecule has 3 unspecified atom stereocenters. The van der Waals surface area contributed by atoms with Gasteiger partial charge in [-0.2, -0.15) is 0 Å². The molecule has 5 nitrogen and oxygen atoms in total. The van der Waals surface area contributed by atoms with E-state index in [0.717, 1.165) is 44.1 Å². The molecule has 176 valence electrons. The predicted octanol–water partition coefficient (Wildman–Crippen LogP) is 3.64. The van der Waals surface area contributed by atoms with E-state index in [2.05, 4.69) is 41.5 Å². The Morgan fingerprint density at radius 3 is 2.58 bits per heavy atom. The van der Waals surface area contributed by atoms with Crippen LogP contribution < -0.4 is 10.6 Å². The SMILES string of the molecule is CC(C)[C@H](CN1CCC(C2=CC=C(Cl)CC2)CC1)NC(=O)C1CNC2CCCCC21.O. The number of nitrogens with zero attached hydrogens (tertiary/aromatic N) is 1. The van der Waals surface area contributed by atoms with E-state index in [1.54, 1.807) is 5.57 Å². The van der Waals surface area contributed by atoms with Gasteiger partial charge in [0, 0.05) is 30.2 Å². The molecular formula is C25H42ClN3O2. The Morgan fingerprint density at radius 1 is 1.16 bits per heavy atom. The van der Waals surface area contributed by atoms with Gasteiger partial charge in [-0.05, 0) is 75.4 Å². The fourth-order valence-electron chi connectivity index (χ4n) is 6.06. The lowest BCUT2D eigenvalue weighted by Gasteiger charge is -2.37. The number of hydrogen-bond donors (Lipinski definition) is 2. The molecule has 0 bridgehead atoms. The Bertz CT molecular complexity index is 670. The minimum Gasteiger partial charge on any atom is -0.412 e. The van der Waals surface area contributed by atoms with Crippen LogP contribution in [-0.2, 0) is 4.79 Å².